The average molecular weight is 108 g/mol. The van der Waals surface area contributed by atoms with Gasteiger partial charge in [-0.3, -0.25) is 0 Å². The third-order valence-electron chi connectivity index (χ3n) is 0.651. The number of hydrogen-bond acceptors (Lipinski definition) is 3. The summed E-state index contributed by atoms with van der Waals surface area (Å²) < 4.78 is 4.52. The smallest absolute Gasteiger partial charge is 0.302 e. The first kappa shape index (κ1) is 4.85. The first-order valence-electron chi connectivity index (χ1n) is 2.10. The SMILES string of the molecule is C#Cc1nc(C)no1. The highest BCUT2D eigenvalue weighted by molar-refractivity contribution is 5.10. The summed E-state index contributed by atoms with van der Waals surface area (Å²) in [7, 11) is 0. The summed E-state index contributed by atoms with van der Waals surface area (Å²) in [5.41, 5.74) is 0. The van der Waals surface area contributed by atoms with Crippen molar-refractivity contribution in [1.29, 1.82) is 0 Å². The van der Waals surface area contributed by atoms with Crippen LogP contribution in [0.15, 0.2) is 4.52 Å². The lowest BCUT2D eigenvalue weighted by atomic mass is 10.7. The van der Waals surface area contributed by atoms with Crippen molar-refractivity contribution < 1.29 is 4.52 Å². The molecular formula is C5H4N2O. The molecule has 0 fully saturated rings. The van der Waals surface area contributed by atoms with Crippen LogP contribution in [-0.2, 0) is 0 Å². The highest BCUT2D eigenvalue weighted by atomic mass is 16.5. The molecule has 3 heteroatoms. The highest BCUT2D eigenvalue weighted by Crippen LogP contribution is 1.90. The van der Waals surface area contributed by atoms with Gasteiger partial charge in [-0.1, -0.05) is 5.16 Å². The van der Waals surface area contributed by atoms with Gasteiger partial charge in [0.1, 0.15) is 0 Å². The van der Waals surface area contributed by atoms with E-state index in [4.69, 9.17) is 6.42 Å². The zero-order valence-electron chi connectivity index (χ0n) is 4.38. The molecule has 0 saturated heterocycles. The van der Waals surface area contributed by atoms with Crippen molar-refractivity contribution in [1.82, 2.24) is 10.1 Å². The summed E-state index contributed by atoms with van der Waals surface area (Å²) in [6, 6.07) is 0. The first-order chi connectivity index (χ1) is 3.83. The van der Waals surface area contributed by atoms with Crippen LogP contribution in [0.25, 0.3) is 0 Å². The van der Waals surface area contributed by atoms with Gasteiger partial charge in [0.15, 0.2) is 5.82 Å². The fourth-order valence-corrected chi connectivity index (χ4v) is 0.356. The third-order valence-corrected chi connectivity index (χ3v) is 0.651. The van der Waals surface area contributed by atoms with Crippen LogP contribution in [0.4, 0.5) is 0 Å². The maximum atomic E-state index is 4.92. The molecule has 1 aromatic rings. The Morgan fingerprint density at radius 3 is 2.75 bits per heavy atom. The van der Waals surface area contributed by atoms with Gasteiger partial charge < -0.3 is 4.52 Å². The first-order valence-corrected chi connectivity index (χ1v) is 2.10. The zero-order valence-corrected chi connectivity index (χ0v) is 4.38. The number of hydrogen-bond donors (Lipinski definition) is 0. The van der Waals surface area contributed by atoms with Crippen molar-refractivity contribution >= 4 is 0 Å². The molecule has 0 radical (unpaired) electrons. The van der Waals surface area contributed by atoms with E-state index in [1.165, 1.54) is 0 Å². The Hall–Kier alpha value is -1.30. The highest BCUT2D eigenvalue weighted by Gasteiger charge is 1.93. The lowest BCUT2D eigenvalue weighted by Crippen LogP contribution is -1.71. The second kappa shape index (κ2) is 1.66. The van der Waals surface area contributed by atoms with Gasteiger partial charge in [0.05, 0.1) is 0 Å². The largest absolute Gasteiger partial charge is 0.325 e. The van der Waals surface area contributed by atoms with Crippen LogP contribution >= 0.6 is 0 Å². The Bertz CT molecular complexity index is 221. The molecular weight excluding hydrogens is 104 g/mol. The molecule has 0 N–H and O–H groups in total. The minimum Gasteiger partial charge on any atom is -0.325 e. The Balaban J connectivity index is 3.05. The van der Waals surface area contributed by atoms with E-state index in [9.17, 15) is 0 Å². The fourth-order valence-electron chi connectivity index (χ4n) is 0.356. The second-order valence-corrected chi connectivity index (χ2v) is 1.29. The van der Waals surface area contributed by atoms with E-state index in [2.05, 4.69) is 20.6 Å². The summed E-state index contributed by atoms with van der Waals surface area (Å²) in [5, 5.41) is 3.46. The number of aromatic nitrogens is 2. The summed E-state index contributed by atoms with van der Waals surface area (Å²) in [5.74, 6) is 3.01. The molecule has 1 heterocycles. The molecule has 0 saturated carbocycles. The summed E-state index contributed by atoms with van der Waals surface area (Å²) in [4.78, 5) is 3.72. The van der Waals surface area contributed by atoms with Gasteiger partial charge in [-0.15, -0.1) is 6.42 Å². The minimum atomic E-state index is 0.238. The predicted octanol–water partition coefficient (Wildman–Crippen LogP) is 0.359. The molecule has 0 aliphatic rings. The number of rotatable bonds is 0. The van der Waals surface area contributed by atoms with E-state index in [0.29, 0.717) is 5.82 Å². The van der Waals surface area contributed by atoms with Gasteiger partial charge in [-0.05, 0) is 12.8 Å². The molecule has 0 aromatic carbocycles. The van der Waals surface area contributed by atoms with Gasteiger partial charge >= 0.3 is 5.89 Å². The van der Waals surface area contributed by atoms with E-state index in [1.54, 1.807) is 6.92 Å². The topological polar surface area (TPSA) is 38.9 Å². The molecule has 40 valence electrons. The molecule has 0 amide bonds. The maximum absolute atomic E-state index is 4.92. The maximum Gasteiger partial charge on any atom is 0.302 e. The van der Waals surface area contributed by atoms with E-state index >= 15 is 0 Å². The van der Waals surface area contributed by atoms with E-state index < -0.39 is 0 Å². The van der Waals surface area contributed by atoms with Crippen LogP contribution in [0, 0.1) is 19.3 Å². The van der Waals surface area contributed by atoms with Gasteiger partial charge in [0.25, 0.3) is 0 Å². The number of nitrogens with zero attached hydrogens (tertiary/aromatic N) is 2. The number of aryl methyl sites for hydroxylation is 1. The third kappa shape index (κ3) is 0.684. The van der Waals surface area contributed by atoms with Crippen LogP contribution in [-0.4, -0.2) is 10.1 Å². The van der Waals surface area contributed by atoms with Crippen molar-refractivity contribution in [2.24, 2.45) is 0 Å². The summed E-state index contributed by atoms with van der Waals surface area (Å²) in [6.07, 6.45) is 4.92. The Morgan fingerprint density at radius 2 is 2.50 bits per heavy atom. The van der Waals surface area contributed by atoms with Crippen molar-refractivity contribution in [2.75, 3.05) is 0 Å². The predicted molar refractivity (Wildman–Crippen MR) is 27.0 cm³/mol. The molecule has 0 bridgehead atoms. The van der Waals surface area contributed by atoms with E-state index in [1.807, 2.05) is 0 Å². The molecule has 0 unspecified atom stereocenters. The normalized spacial score (nSPS) is 8.50. The van der Waals surface area contributed by atoms with Gasteiger partial charge in [-0.25, -0.2) is 0 Å². The molecule has 0 aliphatic heterocycles. The molecule has 1 aromatic heterocycles. The number of terminal acetylenes is 1. The van der Waals surface area contributed by atoms with Crippen LogP contribution in [0.5, 0.6) is 0 Å². The standard InChI is InChI=1S/C5H4N2O/c1-3-5-6-4(2)7-8-5/h1H,2H3. The summed E-state index contributed by atoms with van der Waals surface area (Å²) >= 11 is 0. The Labute approximate surface area is 46.7 Å². The van der Waals surface area contributed by atoms with Crippen molar-refractivity contribution in [2.45, 2.75) is 6.92 Å². The van der Waals surface area contributed by atoms with Crippen LogP contribution in [0.2, 0.25) is 0 Å². The van der Waals surface area contributed by atoms with E-state index in [-0.39, 0.29) is 5.89 Å². The zero-order chi connectivity index (χ0) is 5.98. The van der Waals surface area contributed by atoms with Gasteiger partial charge in [0, 0.05) is 0 Å². The lowest BCUT2D eigenvalue weighted by Gasteiger charge is -1.64. The molecule has 0 atom stereocenters. The molecule has 1 rings (SSSR count). The quantitative estimate of drug-likeness (QED) is 0.450. The van der Waals surface area contributed by atoms with E-state index in [0.717, 1.165) is 0 Å². The molecule has 8 heavy (non-hydrogen) atoms. The molecule has 3 nitrogen and oxygen atoms in total. The van der Waals surface area contributed by atoms with Crippen molar-refractivity contribution in [3.63, 3.8) is 0 Å². The van der Waals surface area contributed by atoms with Crippen molar-refractivity contribution in [3.8, 4) is 12.3 Å². The molecule has 0 spiro atoms. The van der Waals surface area contributed by atoms with Gasteiger partial charge in [0.2, 0.25) is 0 Å². The Kier molecular flexibility index (Phi) is 1.01. The van der Waals surface area contributed by atoms with Crippen LogP contribution < -0.4 is 0 Å². The lowest BCUT2D eigenvalue weighted by molar-refractivity contribution is 0.403. The monoisotopic (exact) mass is 108 g/mol. The Morgan fingerprint density at radius 1 is 1.75 bits per heavy atom. The van der Waals surface area contributed by atoms with Gasteiger partial charge in [-0.2, -0.15) is 4.98 Å². The van der Waals surface area contributed by atoms with Crippen LogP contribution in [0.1, 0.15) is 11.7 Å². The summed E-state index contributed by atoms with van der Waals surface area (Å²) in [6.45, 7) is 1.71. The molecule has 0 aliphatic carbocycles. The fraction of sp³-hybridized carbons (Fsp3) is 0.200. The second-order valence-electron chi connectivity index (χ2n) is 1.29. The van der Waals surface area contributed by atoms with Crippen LogP contribution in [0.3, 0.4) is 0 Å². The minimum absolute atomic E-state index is 0.238. The van der Waals surface area contributed by atoms with Crippen molar-refractivity contribution in [3.05, 3.63) is 11.7 Å². The average Bonchev–Trinajstić information content (AvgIpc) is 2.14.